The Bertz CT molecular complexity index is 1390. The van der Waals surface area contributed by atoms with Gasteiger partial charge in [0.15, 0.2) is 0 Å². The molecule has 0 spiro atoms. The minimum absolute atomic E-state index is 0.0114. The lowest BCUT2D eigenvalue weighted by Gasteiger charge is -2.33. The highest BCUT2D eigenvalue weighted by Crippen LogP contribution is 2.42. The van der Waals surface area contributed by atoms with Crippen LogP contribution in [0.2, 0.25) is 0 Å². The maximum Gasteiger partial charge on any atom is 0.416 e. The fourth-order valence-electron chi connectivity index (χ4n) is 5.79. The summed E-state index contributed by atoms with van der Waals surface area (Å²) in [5, 5.41) is 5.56. The van der Waals surface area contributed by atoms with Gasteiger partial charge in [-0.2, -0.15) is 13.2 Å². The van der Waals surface area contributed by atoms with E-state index in [1.807, 2.05) is 30.3 Å². The van der Waals surface area contributed by atoms with Gasteiger partial charge in [0, 0.05) is 39.1 Å². The van der Waals surface area contributed by atoms with E-state index in [0.29, 0.717) is 26.3 Å². The number of benzene rings is 2. The first-order valence-electron chi connectivity index (χ1n) is 14.2. The molecule has 2 aromatic rings. The molecular formula is C31H34F3N5O4. The molecule has 2 atom stereocenters. The first-order valence-corrected chi connectivity index (χ1v) is 14.2. The molecule has 0 unspecified atom stereocenters. The molecule has 3 heterocycles. The molecule has 0 aliphatic carbocycles. The van der Waals surface area contributed by atoms with E-state index in [1.54, 1.807) is 0 Å². The Balaban J connectivity index is 1.47. The predicted octanol–water partition coefficient (Wildman–Crippen LogP) is 3.11. The van der Waals surface area contributed by atoms with Crippen LogP contribution in [0.25, 0.3) is 0 Å². The highest BCUT2D eigenvalue weighted by atomic mass is 19.4. The second-order valence-electron chi connectivity index (χ2n) is 10.6. The number of rotatable bonds is 10. The highest BCUT2D eigenvalue weighted by Gasteiger charge is 2.48. The summed E-state index contributed by atoms with van der Waals surface area (Å²) in [6.45, 7) is 7.32. The lowest BCUT2D eigenvalue weighted by atomic mass is 9.91. The van der Waals surface area contributed by atoms with E-state index in [9.17, 15) is 27.6 Å². The van der Waals surface area contributed by atoms with Crippen LogP contribution in [0, 0.1) is 0 Å². The van der Waals surface area contributed by atoms with Gasteiger partial charge in [-0.25, -0.2) is 4.79 Å². The van der Waals surface area contributed by atoms with E-state index in [-0.39, 0.29) is 42.3 Å². The van der Waals surface area contributed by atoms with Crippen molar-refractivity contribution in [2.24, 2.45) is 0 Å². The van der Waals surface area contributed by atoms with E-state index in [0.717, 1.165) is 24.7 Å². The van der Waals surface area contributed by atoms with Crippen LogP contribution in [0.1, 0.15) is 22.7 Å². The van der Waals surface area contributed by atoms with Crippen LogP contribution in [0.5, 0.6) is 0 Å². The van der Waals surface area contributed by atoms with Crippen molar-refractivity contribution in [1.82, 2.24) is 25.3 Å². The summed E-state index contributed by atoms with van der Waals surface area (Å²) >= 11 is 0. The molecular weight excluding hydrogens is 563 g/mol. The highest BCUT2D eigenvalue weighted by molar-refractivity contribution is 6.03. The van der Waals surface area contributed by atoms with Crippen LogP contribution in [0.15, 0.2) is 78.5 Å². The Hall–Kier alpha value is -4.16. The molecule has 12 heteroatoms. The van der Waals surface area contributed by atoms with E-state index < -0.39 is 35.8 Å². The lowest BCUT2D eigenvalue weighted by molar-refractivity contribution is -0.138. The van der Waals surface area contributed by atoms with Crippen molar-refractivity contribution in [2.75, 3.05) is 52.5 Å². The van der Waals surface area contributed by atoms with Crippen molar-refractivity contribution in [3.8, 4) is 0 Å². The standard InChI is InChI=1S/C31H34F3N5O4/c1-2-13-38-25-20-39(29(41)26(25)27(36-30(38)42)22-10-6-7-11-23(22)31(32,33)34)24(19-21-8-4-3-5-9-21)28(40)35-12-14-37-15-17-43-18-16-37/h2-11,24,27H,1,12-20H2,(H,35,40)(H,36,42)/t24-,27+/m0/s1. The average Bonchev–Trinajstić information content (AvgIpc) is 3.34. The number of nitrogens with zero attached hydrogens (tertiary/aromatic N) is 3. The third kappa shape index (κ3) is 6.60. The van der Waals surface area contributed by atoms with Crippen molar-refractivity contribution in [3.05, 3.63) is 95.2 Å². The van der Waals surface area contributed by atoms with Crippen molar-refractivity contribution in [2.45, 2.75) is 24.7 Å². The lowest BCUT2D eigenvalue weighted by Crippen LogP contribution is -2.51. The minimum atomic E-state index is -4.71. The summed E-state index contributed by atoms with van der Waals surface area (Å²) in [6.07, 6.45) is -3.05. The van der Waals surface area contributed by atoms with Gasteiger partial charge in [0.2, 0.25) is 5.91 Å². The molecule has 9 nitrogen and oxygen atoms in total. The molecule has 2 N–H and O–H groups in total. The van der Waals surface area contributed by atoms with Crippen LogP contribution in [-0.2, 0) is 26.9 Å². The van der Waals surface area contributed by atoms with E-state index in [1.165, 1.54) is 34.1 Å². The summed E-state index contributed by atoms with van der Waals surface area (Å²) in [4.78, 5) is 45.9. The number of ether oxygens (including phenoxy) is 1. The van der Waals surface area contributed by atoms with Gasteiger partial charge in [0.25, 0.3) is 5.91 Å². The summed E-state index contributed by atoms with van der Waals surface area (Å²) in [7, 11) is 0. The van der Waals surface area contributed by atoms with Crippen LogP contribution in [0.3, 0.4) is 0 Å². The Morgan fingerprint density at radius 3 is 2.49 bits per heavy atom. The zero-order valence-corrected chi connectivity index (χ0v) is 23.6. The van der Waals surface area contributed by atoms with Gasteiger partial charge in [-0.15, -0.1) is 6.58 Å². The number of morpholine rings is 1. The third-order valence-electron chi connectivity index (χ3n) is 7.92. The van der Waals surface area contributed by atoms with Gasteiger partial charge in [0.05, 0.1) is 42.6 Å². The Labute approximate surface area is 247 Å². The fraction of sp³-hybridized carbons (Fsp3) is 0.387. The van der Waals surface area contributed by atoms with E-state index >= 15 is 0 Å². The fourth-order valence-corrected chi connectivity index (χ4v) is 5.79. The molecule has 5 rings (SSSR count). The summed E-state index contributed by atoms with van der Waals surface area (Å²) in [5.41, 5.74) is -0.104. The second-order valence-corrected chi connectivity index (χ2v) is 10.6. The smallest absolute Gasteiger partial charge is 0.379 e. The normalized spacial score (nSPS) is 20.1. The topological polar surface area (TPSA) is 94.2 Å². The third-order valence-corrected chi connectivity index (χ3v) is 7.92. The number of carbonyl (C=O) groups excluding carboxylic acids is 3. The van der Waals surface area contributed by atoms with Crippen molar-refractivity contribution >= 4 is 17.8 Å². The molecule has 43 heavy (non-hydrogen) atoms. The minimum Gasteiger partial charge on any atom is -0.379 e. The van der Waals surface area contributed by atoms with E-state index in [4.69, 9.17) is 4.74 Å². The maximum atomic E-state index is 14.2. The van der Waals surface area contributed by atoms with Crippen molar-refractivity contribution < 1.29 is 32.3 Å². The van der Waals surface area contributed by atoms with Gasteiger partial charge in [0.1, 0.15) is 6.04 Å². The van der Waals surface area contributed by atoms with Crippen LogP contribution >= 0.6 is 0 Å². The van der Waals surface area contributed by atoms with E-state index in [2.05, 4.69) is 22.1 Å². The largest absolute Gasteiger partial charge is 0.416 e. The zero-order valence-electron chi connectivity index (χ0n) is 23.6. The Kier molecular flexibility index (Phi) is 9.16. The molecule has 0 radical (unpaired) electrons. The van der Waals surface area contributed by atoms with Crippen LogP contribution < -0.4 is 10.6 Å². The van der Waals surface area contributed by atoms with Gasteiger partial charge in [-0.1, -0.05) is 54.6 Å². The molecule has 0 bridgehead atoms. The summed E-state index contributed by atoms with van der Waals surface area (Å²) < 4.78 is 47.5. The SMILES string of the molecule is C=CCN1C(=O)N[C@H](c2ccccc2C(F)(F)F)C2=C1CN([C@@H](Cc1ccccc1)C(=O)NCCN1CCOCC1)C2=O. The molecule has 1 fully saturated rings. The molecule has 1 saturated heterocycles. The van der Waals surface area contributed by atoms with Gasteiger partial charge < -0.3 is 20.3 Å². The zero-order chi connectivity index (χ0) is 30.6. The van der Waals surface area contributed by atoms with Crippen molar-refractivity contribution in [3.63, 3.8) is 0 Å². The summed E-state index contributed by atoms with van der Waals surface area (Å²) in [6, 6.07) is 11.1. The number of halogens is 3. The summed E-state index contributed by atoms with van der Waals surface area (Å²) in [5.74, 6) is -0.984. The Morgan fingerprint density at radius 1 is 1.09 bits per heavy atom. The molecule has 4 amide bonds. The van der Waals surface area contributed by atoms with Crippen LogP contribution in [0.4, 0.5) is 18.0 Å². The second kappa shape index (κ2) is 13.0. The monoisotopic (exact) mass is 597 g/mol. The Morgan fingerprint density at radius 2 is 1.79 bits per heavy atom. The first kappa shape index (κ1) is 30.3. The van der Waals surface area contributed by atoms with Crippen LogP contribution in [-0.4, -0.2) is 91.1 Å². The number of amides is 4. The number of hydrogen-bond donors (Lipinski definition) is 2. The molecule has 3 aliphatic heterocycles. The predicted molar refractivity (Wildman–Crippen MR) is 153 cm³/mol. The number of urea groups is 1. The molecule has 3 aliphatic rings. The van der Waals surface area contributed by atoms with Crippen molar-refractivity contribution in [1.29, 1.82) is 0 Å². The number of alkyl halides is 3. The van der Waals surface area contributed by atoms with Gasteiger partial charge >= 0.3 is 12.2 Å². The van der Waals surface area contributed by atoms with Gasteiger partial charge in [-0.05, 0) is 17.2 Å². The number of carbonyl (C=O) groups is 3. The molecule has 0 saturated carbocycles. The molecule has 0 aromatic heterocycles. The average molecular weight is 598 g/mol. The molecule has 228 valence electrons. The maximum absolute atomic E-state index is 14.2. The van der Waals surface area contributed by atoms with Gasteiger partial charge in [-0.3, -0.25) is 19.4 Å². The number of hydrogen-bond acceptors (Lipinski definition) is 5. The quantitative estimate of drug-likeness (QED) is 0.411. The first-order chi connectivity index (χ1) is 20.7. The molecule has 2 aromatic carbocycles. The number of nitrogens with one attached hydrogen (secondary N) is 2.